The average molecular weight is 223 g/mol. The fourth-order valence-corrected chi connectivity index (χ4v) is 3.12. The molecule has 3 aliphatic rings. The fourth-order valence-electron chi connectivity index (χ4n) is 3.12. The highest BCUT2D eigenvalue weighted by atomic mass is 16.2. The molecule has 3 fully saturated rings. The molecule has 1 aliphatic carbocycles. The van der Waals surface area contributed by atoms with E-state index in [1.807, 2.05) is 0 Å². The number of nitrogens with two attached hydrogens (primary N) is 1. The summed E-state index contributed by atoms with van der Waals surface area (Å²) in [6.45, 7) is 2.70. The van der Waals surface area contributed by atoms with Gasteiger partial charge in [-0.2, -0.15) is 0 Å². The van der Waals surface area contributed by atoms with E-state index in [1.54, 1.807) is 0 Å². The van der Waals surface area contributed by atoms with Crippen molar-refractivity contribution in [1.82, 2.24) is 10.2 Å². The number of hydrogen-bond acceptors (Lipinski definition) is 3. The van der Waals surface area contributed by atoms with Gasteiger partial charge >= 0.3 is 0 Å². The number of hydrogen-bond donors (Lipinski definition) is 2. The molecule has 1 amide bonds. The van der Waals surface area contributed by atoms with Crippen molar-refractivity contribution >= 4 is 5.91 Å². The van der Waals surface area contributed by atoms with Crippen molar-refractivity contribution in [3.63, 3.8) is 0 Å². The minimum atomic E-state index is 0.0343. The number of carbonyl (C=O) groups is 1. The third kappa shape index (κ3) is 1.74. The summed E-state index contributed by atoms with van der Waals surface area (Å²) in [7, 11) is 0. The van der Waals surface area contributed by atoms with E-state index in [9.17, 15) is 4.79 Å². The lowest BCUT2D eigenvalue weighted by atomic mass is 9.84. The fraction of sp³-hybridized carbons (Fsp3) is 0.917. The maximum Gasteiger partial charge on any atom is 0.237 e. The number of likely N-dealkylation sites (tertiary alicyclic amines) is 1. The number of amides is 1. The van der Waals surface area contributed by atoms with Crippen LogP contribution in [0.3, 0.4) is 0 Å². The third-order valence-electron chi connectivity index (χ3n) is 4.33. The van der Waals surface area contributed by atoms with Crippen LogP contribution in [0.4, 0.5) is 0 Å². The molecule has 1 unspecified atom stereocenters. The molecule has 4 heteroatoms. The smallest absolute Gasteiger partial charge is 0.237 e. The van der Waals surface area contributed by atoms with Crippen LogP contribution in [0, 0.1) is 5.92 Å². The summed E-state index contributed by atoms with van der Waals surface area (Å²) in [6, 6.07) is 0.0953. The topological polar surface area (TPSA) is 58.4 Å². The van der Waals surface area contributed by atoms with Gasteiger partial charge in [-0.3, -0.25) is 9.69 Å². The molecule has 2 aliphatic heterocycles. The molecule has 3 rings (SSSR count). The maximum atomic E-state index is 11.9. The van der Waals surface area contributed by atoms with Crippen molar-refractivity contribution in [1.29, 1.82) is 0 Å². The zero-order chi connectivity index (χ0) is 11.2. The monoisotopic (exact) mass is 223 g/mol. The molecule has 90 valence electrons. The number of nitrogens with one attached hydrogen (secondary N) is 1. The second-order valence-electron chi connectivity index (χ2n) is 5.72. The molecule has 0 aromatic heterocycles. The first-order valence-electron chi connectivity index (χ1n) is 6.50. The number of rotatable bonds is 2. The molecule has 0 spiro atoms. The van der Waals surface area contributed by atoms with Gasteiger partial charge in [0.1, 0.15) is 0 Å². The van der Waals surface area contributed by atoms with E-state index < -0.39 is 0 Å². The van der Waals surface area contributed by atoms with Crippen molar-refractivity contribution in [3.8, 4) is 0 Å². The van der Waals surface area contributed by atoms with Crippen LogP contribution in [-0.4, -0.2) is 42.0 Å². The van der Waals surface area contributed by atoms with Gasteiger partial charge in [0.2, 0.25) is 5.91 Å². The number of carbonyl (C=O) groups excluding carboxylic acids is 1. The SMILES string of the molecule is NC1(C2CC2)CN(C2CCCCNC2=O)C1. The molecule has 4 nitrogen and oxygen atoms in total. The highest BCUT2D eigenvalue weighted by molar-refractivity contribution is 5.82. The van der Waals surface area contributed by atoms with E-state index in [4.69, 9.17) is 5.73 Å². The lowest BCUT2D eigenvalue weighted by Gasteiger charge is -2.51. The summed E-state index contributed by atoms with van der Waals surface area (Å²) >= 11 is 0. The van der Waals surface area contributed by atoms with Gasteiger partial charge in [0.25, 0.3) is 0 Å². The van der Waals surface area contributed by atoms with Crippen LogP contribution in [-0.2, 0) is 4.79 Å². The van der Waals surface area contributed by atoms with E-state index >= 15 is 0 Å². The van der Waals surface area contributed by atoms with Crippen LogP contribution in [0.1, 0.15) is 32.1 Å². The second kappa shape index (κ2) is 3.70. The summed E-state index contributed by atoms with van der Waals surface area (Å²) < 4.78 is 0. The molecule has 1 saturated carbocycles. The lowest BCUT2D eigenvalue weighted by molar-refractivity contribution is -0.129. The van der Waals surface area contributed by atoms with Gasteiger partial charge < -0.3 is 11.1 Å². The predicted molar refractivity (Wildman–Crippen MR) is 61.9 cm³/mol. The number of nitrogens with zero attached hydrogens (tertiary/aromatic N) is 1. The van der Waals surface area contributed by atoms with E-state index in [2.05, 4.69) is 10.2 Å². The quantitative estimate of drug-likeness (QED) is 0.697. The summed E-state index contributed by atoms with van der Waals surface area (Å²) in [4.78, 5) is 14.1. The second-order valence-corrected chi connectivity index (χ2v) is 5.72. The molecular formula is C12H21N3O. The highest BCUT2D eigenvalue weighted by Crippen LogP contribution is 2.43. The van der Waals surface area contributed by atoms with Crippen molar-refractivity contribution in [3.05, 3.63) is 0 Å². The Hall–Kier alpha value is -0.610. The Morgan fingerprint density at radius 3 is 2.69 bits per heavy atom. The molecule has 2 saturated heterocycles. The first-order valence-corrected chi connectivity index (χ1v) is 6.50. The first kappa shape index (κ1) is 10.5. The zero-order valence-electron chi connectivity index (χ0n) is 9.74. The van der Waals surface area contributed by atoms with Gasteiger partial charge in [-0.05, 0) is 38.0 Å². The summed E-state index contributed by atoms with van der Waals surface area (Å²) in [6.07, 6.45) is 5.86. The minimum Gasteiger partial charge on any atom is -0.355 e. The van der Waals surface area contributed by atoms with Gasteiger partial charge in [-0.25, -0.2) is 0 Å². The van der Waals surface area contributed by atoms with Crippen LogP contribution in [0.2, 0.25) is 0 Å². The summed E-state index contributed by atoms with van der Waals surface area (Å²) in [5.41, 5.74) is 6.35. The summed E-state index contributed by atoms with van der Waals surface area (Å²) in [5, 5.41) is 2.99. The molecule has 1 atom stereocenters. The van der Waals surface area contributed by atoms with Gasteiger partial charge in [0, 0.05) is 25.2 Å². The largest absolute Gasteiger partial charge is 0.355 e. The molecule has 0 aromatic rings. The first-order chi connectivity index (χ1) is 7.69. The zero-order valence-corrected chi connectivity index (χ0v) is 9.74. The van der Waals surface area contributed by atoms with Crippen LogP contribution < -0.4 is 11.1 Å². The average Bonchev–Trinajstić information content (AvgIpc) is 3.00. The normalized spacial score (nSPS) is 35.1. The molecule has 0 bridgehead atoms. The van der Waals surface area contributed by atoms with Crippen molar-refractivity contribution in [2.75, 3.05) is 19.6 Å². The van der Waals surface area contributed by atoms with E-state index in [0.29, 0.717) is 0 Å². The minimum absolute atomic E-state index is 0.0343. The maximum absolute atomic E-state index is 11.9. The molecule has 2 heterocycles. The van der Waals surface area contributed by atoms with Gasteiger partial charge in [-0.15, -0.1) is 0 Å². The van der Waals surface area contributed by atoms with Gasteiger partial charge in [0.15, 0.2) is 0 Å². The third-order valence-corrected chi connectivity index (χ3v) is 4.33. The van der Waals surface area contributed by atoms with E-state index in [-0.39, 0.29) is 17.5 Å². The lowest BCUT2D eigenvalue weighted by Crippen LogP contribution is -2.72. The van der Waals surface area contributed by atoms with Crippen LogP contribution >= 0.6 is 0 Å². The predicted octanol–water partition coefficient (Wildman–Crippen LogP) is 0.0782. The van der Waals surface area contributed by atoms with E-state index in [1.165, 1.54) is 12.8 Å². The molecular weight excluding hydrogens is 202 g/mol. The highest BCUT2D eigenvalue weighted by Gasteiger charge is 2.52. The Morgan fingerprint density at radius 2 is 2.00 bits per heavy atom. The van der Waals surface area contributed by atoms with Gasteiger partial charge in [-0.1, -0.05) is 0 Å². The van der Waals surface area contributed by atoms with Crippen molar-refractivity contribution < 1.29 is 4.79 Å². The Labute approximate surface area is 96.5 Å². The Balaban J connectivity index is 1.59. The molecule has 0 aromatic carbocycles. The van der Waals surface area contributed by atoms with E-state index in [0.717, 1.165) is 44.8 Å². The molecule has 3 N–H and O–H groups in total. The van der Waals surface area contributed by atoms with Crippen LogP contribution in [0.15, 0.2) is 0 Å². The van der Waals surface area contributed by atoms with Gasteiger partial charge in [0.05, 0.1) is 6.04 Å². The van der Waals surface area contributed by atoms with Crippen LogP contribution in [0.5, 0.6) is 0 Å². The Kier molecular flexibility index (Phi) is 2.44. The standard InChI is InChI=1S/C12H21N3O/c13-12(9-4-5-9)7-15(8-12)10-3-1-2-6-14-11(10)16/h9-10H,1-8,13H2,(H,14,16). The van der Waals surface area contributed by atoms with Crippen molar-refractivity contribution in [2.24, 2.45) is 11.7 Å². The summed E-state index contributed by atoms with van der Waals surface area (Å²) in [5.74, 6) is 0.952. The molecule has 16 heavy (non-hydrogen) atoms. The Morgan fingerprint density at radius 1 is 1.25 bits per heavy atom. The Bertz CT molecular complexity index is 295. The molecule has 0 radical (unpaired) electrons. The van der Waals surface area contributed by atoms with Crippen molar-refractivity contribution in [2.45, 2.75) is 43.7 Å². The van der Waals surface area contributed by atoms with Crippen LogP contribution in [0.25, 0.3) is 0 Å².